The Kier molecular flexibility index (Phi) is 2.28. The van der Waals surface area contributed by atoms with Gasteiger partial charge < -0.3 is 4.74 Å². The van der Waals surface area contributed by atoms with Crippen molar-refractivity contribution < 1.29 is 4.74 Å². The van der Waals surface area contributed by atoms with Crippen molar-refractivity contribution in [2.75, 3.05) is 7.11 Å². The Morgan fingerprint density at radius 1 is 1.80 bits per heavy atom. The maximum absolute atomic E-state index is 4.75. The standard InChI is InChI=1S/C3H9BO/c1-3(4)5-2/h3H,4H2,1-2H3. The van der Waals surface area contributed by atoms with E-state index in [9.17, 15) is 0 Å². The number of methoxy groups -OCH3 is 1. The fourth-order valence-corrected chi connectivity index (χ4v) is 0. The monoisotopic (exact) mass is 72.1 g/mol. The molecule has 0 amide bonds. The Bertz CT molecular complexity index is 20.9. The van der Waals surface area contributed by atoms with Crippen LogP contribution in [-0.4, -0.2) is 21.0 Å². The molecule has 0 rings (SSSR count). The molecule has 0 aromatic rings. The van der Waals surface area contributed by atoms with Crippen LogP contribution in [0.3, 0.4) is 0 Å². The van der Waals surface area contributed by atoms with Gasteiger partial charge in [-0.25, -0.2) is 0 Å². The summed E-state index contributed by atoms with van der Waals surface area (Å²) in [4.78, 5) is 0. The molecule has 1 nitrogen and oxygen atoms in total. The topological polar surface area (TPSA) is 9.23 Å². The lowest BCUT2D eigenvalue weighted by Crippen LogP contribution is -2.01. The minimum Gasteiger partial charge on any atom is -0.391 e. The first-order valence-corrected chi connectivity index (χ1v) is 1.80. The van der Waals surface area contributed by atoms with Crippen LogP contribution >= 0.6 is 0 Å². The van der Waals surface area contributed by atoms with Gasteiger partial charge in [0.05, 0.1) is 0 Å². The molecule has 1 unspecified atom stereocenters. The van der Waals surface area contributed by atoms with Crippen molar-refractivity contribution in [1.29, 1.82) is 0 Å². The van der Waals surface area contributed by atoms with E-state index in [1.54, 1.807) is 7.11 Å². The van der Waals surface area contributed by atoms with Crippen LogP contribution in [0.4, 0.5) is 0 Å². The maximum atomic E-state index is 4.75. The molecule has 2 heteroatoms. The van der Waals surface area contributed by atoms with E-state index in [0.717, 1.165) is 0 Å². The zero-order chi connectivity index (χ0) is 4.28. The van der Waals surface area contributed by atoms with Crippen LogP contribution < -0.4 is 0 Å². The Hall–Kier alpha value is 0.0249. The van der Waals surface area contributed by atoms with Gasteiger partial charge in [-0.05, 0) is 6.92 Å². The summed E-state index contributed by atoms with van der Waals surface area (Å²) in [7, 11) is 3.70. The first kappa shape index (κ1) is 5.02. The highest BCUT2D eigenvalue weighted by Gasteiger charge is 1.79. The molecular weight excluding hydrogens is 62.8 g/mol. The van der Waals surface area contributed by atoms with Crippen LogP contribution in [0.15, 0.2) is 0 Å². The number of hydrogen-bond acceptors (Lipinski definition) is 1. The predicted octanol–water partition coefficient (Wildman–Crippen LogP) is -0.388. The van der Waals surface area contributed by atoms with Gasteiger partial charge in [0, 0.05) is 13.1 Å². The molecule has 30 valence electrons. The highest BCUT2D eigenvalue weighted by molar-refractivity contribution is 6.10. The number of rotatable bonds is 1. The van der Waals surface area contributed by atoms with Gasteiger partial charge in [0.1, 0.15) is 7.85 Å². The van der Waals surface area contributed by atoms with Crippen molar-refractivity contribution in [3.8, 4) is 0 Å². The molecular formula is C3H9BO. The third kappa shape index (κ3) is 4.02. The zero-order valence-electron chi connectivity index (χ0n) is 3.99. The van der Waals surface area contributed by atoms with Crippen molar-refractivity contribution in [2.24, 2.45) is 0 Å². The molecule has 0 aromatic carbocycles. The highest BCUT2D eigenvalue weighted by atomic mass is 16.5. The molecule has 0 saturated carbocycles. The zero-order valence-corrected chi connectivity index (χ0v) is 3.99. The second-order valence-electron chi connectivity index (χ2n) is 1.28. The fourth-order valence-electron chi connectivity index (χ4n) is 0. The Labute approximate surface area is 33.7 Å². The van der Waals surface area contributed by atoms with E-state index in [2.05, 4.69) is 0 Å². The summed E-state index contributed by atoms with van der Waals surface area (Å²) < 4.78 is 4.75. The summed E-state index contributed by atoms with van der Waals surface area (Å²) >= 11 is 0. The third-order valence-electron chi connectivity index (χ3n) is 0.471. The van der Waals surface area contributed by atoms with Crippen LogP contribution in [0, 0.1) is 0 Å². The van der Waals surface area contributed by atoms with Crippen LogP contribution in [0.1, 0.15) is 6.92 Å². The van der Waals surface area contributed by atoms with E-state index < -0.39 is 0 Å². The van der Waals surface area contributed by atoms with Gasteiger partial charge in [-0.15, -0.1) is 0 Å². The summed E-state index contributed by atoms with van der Waals surface area (Å²) in [5, 5.41) is 0. The quantitative estimate of drug-likeness (QED) is 0.383. The Morgan fingerprint density at radius 2 is 2.00 bits per heavy atom. The molecule has 0 aliphatic rings. The summed E-state index contributed by atoms with van der Waals surface area (Å²) in [6.07, 6.45) is 0. The number of ether oxygens (including phenoxy) is 1. The molecule has 0 radical (unpaired) electrons. The van der Waals surface area contributed by atoms with Crippen LogP contribution in [0.5, 0.6) is 0 Å². The van der Waals surface area contributed by atoms with E-state index in [-0.39, 0.29) is 0 Å². The van der Waals surface area contributed by atoms with Crippen LogP contribution in [-0.2, 0) is 4.74 Å². The summed E-state index contributed by atoms with van der Waals surface area (Å²) in [5.41, 5.74) is 0. The van der Waals surface area contributed by atoms with Crippen molar-refractivity contribution in [3.63, 3.8) is 0 Å². The van der Waals surface area contributed by atoms with E-state index in [4.69, 9.17) is 4.74 Å². The lowest BCUT2D eigenvalue weighted by molar-refractivity contribution is 0.181. The van der Waals surface area contributed by atoms with Gasteiger partial charge in [0.2, 0.25) is 0 Å². The molecule has 0 fully saturated rings. The summed E-state index contributed by atoms with van der Waals surface area (Å²) in [6, 6.07) is 0.384. The predicted molar refractivity (Wildman–Crippen MR) is 25.0 cm³/mol. The highest BCUT2D eigenvalue weighted by Crippen LogP contribution is 1.71. The van der Waals surface area contributed by atoms with Crippen molar-refractivity contribution >= 4 is 7.85 Å². The van der Waals surface area contributed by atoms with Crippen molar-refractivity contribution in [2.45, 2.75) is 12.9 Å². The maximum Gasteiger partial charge on any atom is 0.138 e. The number of hydrogen-bond donors (Lipinski definition) is 0. The van der Waals surface area contributed by atoms with Crippen molar-refractivity contribution in [3.05, 3.63) is 0 Å². The van der Waals surface area contributed by atoms with E-state index >= 15 is 0 Å². The molecule has 0 aliphatic heterocycles. The van der Waals surface area contributed by atoms with Gasteiger partial charge in [-0.2, -0.15) is 0 Å². The van der Waals surface area contributed by atoms with E-state index in [0.29, 0.717) is 6.00 Å². The largest absolute Gasteiger partial charge is 0.391 e. The molecule has 1 atom stereocenters. The Morgan fingerprint density at radius 3 is 2.00 bits per heavy atom. The fraction of sp³-hybridized carbons (Fsp3) is 1.00. The van der Waals surface area contributed by atoms with E-state index in [1.807, 2.05) is 14.8 Å². The van der Waals surface area contributed by atoms with Gasteiger partial charge in [-0.1, -0.05) is 0 Å². The lowest BCUT2D eigenvalue weighted by Gasteiger charge is -1.94. The molecule has 0 bridgehead atoms. The first-order chi connectivity index (χ1) is 2.27. The molecule has 0 aliphatic carbocycles. The molecule has 5 heavy (non-hydrogen) atoms. The molecule has 0 N–H and O–H groups in total. The molecule has 0 saturated heterocycles. The lowest BCUT2D eigenvalue weighted by atomic mass is 10.0. The third-order valence-corrected chi connectivity index (χ3v) is 0.471. The van der Waals surface area contributed by atoms with Gasteiger partial charge in [-0.3, -0.25) is 0 Å². The van der Waals surface area contributed by atoms with Gasteiger partial charge >= 0.3 is 0 Å². The van der Waals surface area contributed by atoms with Crippen LogP contribution in [0.25, 0.3) is 0 Å². The average molecular weight is 71.9 g/mol. The average Bonchev–Trinajstić information content (AvgIpc) is 1.38. The van der Waals surface area contributed by atoms with Crippen LogP contribution in [0.2, 0.25) is 0 Å². The summed E-state index contributed by atoms with van der Waals surface area (Å²) in [5.74, 6) is 0. The van der Waals surface area contributed by atoms with Gasteiger partial charge in [0.15, 0.2) is 0 Å². The molecule has 0 heterocycles. The Balaban J connectivity index is 2.54. The summed E-state index contributed by atoms with van der Waals surface area (Å²) in [6.45, 7) is 2.00. The second kappa shape index (κ2) is 2.27. The minimum absolute atomic E-state index is 0.384. The van der Waals surface area contributed by atoms with E-state index in [1.165, 1.54) is 0 Å². The normalized spacial score (nSPS) is 14.8. The minimum atomic E-state index is 0.384. The smallest absolute Gasteiger partial charge is 0.138 e. The second-order valence-corrected chi connectivity index (χ2v) is 1.28. The molecule has 0 spiro atoms. The van der Waals surface area contributed by atoms with Crippen molar-refractivity contribution in [1.82, 2.24) is 0 Å². The molecule has 0 aromatic heterocycles. The SMILES string of the molecule is BC(C)OC. The van der Waals surface area contributed by atoms with Gasteiger partial charge in [0.25, 0.3) is 0 Å². The first-order valence-electron chi connectivity index (χ1n) is 1.80.